The smallest absolute Gasteiger partial charge is 0.129 e. The van der Waals surface area contributed by atoms with Crippen LogP contribution < -0.4 is 5.32 Å². The standard InChI is InChI=1S/C9H12N2O/c1-12-6-7-4-8-2-3-10-9(8)11-5-7/h4-5H,2-3,6H2,1H3,(H,10,11). The van der Waals surface area contributed by atoms with Gasteiger partial charge in [0.1, 0.15) is 5.82 Å². The molecule has 0 radical (unpaired) electrons. The molecular weight excluding hydrogens is 152 g/mol. The fraction of sp³-hybridized carbons (Fsp3) is 0.444. The van der Waals surface area contributed by atoms with Gasteiger partial charge in [-0.3, -0.25) is 0 Å². The normalized spacial score (nSPS) is 14.1. The maximum absolute atomic E-state index is 5.03. The van der Waals surface area contributed by atoms with Crippen LogP contribution in [0.4, 0.5) is 5.82 Å². The number of fused-ring (bicyclic) bond motifs is 1. The summed E-state index contributed by atoms with van der Waals surface area (Å²) in [5.41, 5.74) is 2.46. The molecule has 1 aliphatic rings. The highest BCUT2D eigenvalue weighted by molar-refractivity contribution is 5.49. The van der Waals surface area contributed by atoms with Crippen molar-refractivity contribution in [3.8, 4) is 0 Å². The number of nitrogens with zero attached hydrogens (tertiary/aromatic N) is 1. The lowest BCUT2D eigenvalue weighted by Crippen LogP contribution is -1.94. The Kier molecular flexibility index (Phi) is 1.96. The van der Waals surface area contributed by atoms with Crippen molar-refractivity contribution < 1.29 is 4.74 Å². The number of aromatic nitrogens is 1. The largest absolute Gasteiger partial charge is 0.380 e. The molecule has 0 saturated heterocycles. The minimum Gasteiger partial charge on any atom is -0.380 e. The van der Waals surface area contributed by atoms with E-state index in [1.165, 1.54) is 5.56 Å². The maximum Gasteiger partial charge on any atom is 0.129 e. The molecular formula is C9H12N2O. The second-order valence-corrected chi connectivity index (χ2v) is 2.96. The highest BCUT2D eigenvalue weighted by atomic mass is 16.5. The molecule has 0 atom stereocenters. The first kappa shape index (κ1) is 7.55. The lowest BCUT2D eigenvalue weighted by Gasteiger charge is -2.01. The van der Waals surface area contributed by atoms with E-state index in [9.17, 15) is 0 Å². The molecule has 0 unspecified atom stereocenters. The molecule has 12 heavy (non-hydrogen) atoms. The van der Waals surface area contributed by atoms with Gasteiger partial charge in [-0.2, -0.15) is 0 Å². The van der Waals surface area contributed by atoms with Gasteiger partial charge in [0.25, 0.3) is 0 Å². The molecule has 0 bridgehead atoms. The van der Waals surface area contributed by atoms with Gasteiger partial charge in [0.2, 0.25) is 0 Å². The number of ether oxygens (including phenoxy) is 1. The molecule has 1 aromatic rings. The van der Waals surface area contributed by atoms with Crippen molar-refractivity contribution in [3.05, 3.63) is 23.4 Å². The summed E-state index contributed by atoms with van der Waals surface area (Å²) in [4.78, 5) is 4.29. The van der Waals surface area contributed by atoms with Crippen LogP contribution in [0.5, 0.6) is 0 Å². The molecule has 3 heteroatoms. The van der Waals surface area contributed by atoms with Crippen LogP contribution in [0.1, 0.15) is 11.1 Å². The molecule has 1 aromatic heterocycles. The van der Waals surface area contributed by atoms with Crippen LogP contribution in [0.3, 0.4) is 0 Å². The summed E-state index contributed by atoms with van der Waals surface area (Å²) in [6.07, 6.45) is 2.94. The Balaban J connectivity index is 2.26. The van der Waals surface area contributed by atoms with Crippen LogP contribution >= 0.6 is 0 Å². The number of methoxy groups -OCH3 is 1. The molecule has 2 rings (SSSR count). The third kappa shape index (κ3) is 1.28. The Bertz CT molecular complexity index is 286. The van der Waals surface area contributed by atoms with Gasteiger partial charge < -0.3 is 10.1 Å². The number of nitrogens with one attached hydrogen (secondary N) is 1. The number of hydrogen-bond acceptors (Lipinski definition) is 3. The molecule has 1 N–H and O–H groups in total. The summed E-state index contributed by atoms with van der Waals surface area (Å²) >= 11 is 0. The molecule has 1 aliphatic heterocycles. The van der Waals surface area contributed by atoms with Crippen molar-refractivity contribution in [1.29, 1.82) is 0 Å². The lowest BCUT2D eigenvalue weighted by molar-refractivity contribution is 0.184. The average molecular weight is 164 g/mol. The monoisotopic (exact) mass is 164 g/mol. The Morgan fingerprint density at radius 3 is 3.42 bits per heavy atom. The lowest BCUT2D eigenvalue weighted by atomic mass is 10.2. The number of anilines is 1. The summed E-state index contributed by atoms with van der Waals surface area (Å²) in [5, 5.41) is 3.22. The molecule has 0 spiro atoms. The van der Waals surface area contributed by atoms with Crippen LogP contribution in [0.2, 0.25) is 0 Å². The second kappa shape index (κ2) is 3.11. The van der Waals surface area contributed by atoms with Gasteiger partial charge in [0, 0.05) is 19.9 Å². The minimum absolute atomic E-state index is 0.653. The van der Waals surface area contributed by atoms with E-state index in [4.69, 9.17) is 4.74 Å². The van der Waals surface area contributed by atoms with E-state index in [1.807, 2.05) is 6.20 Å². The summed E-state index contributed by atoms with van der Waals surface area (Å²) in [5.74, 6) is 1.04. The van der Waals surface area contributed by atoms with Crippen molar-refractivity contribution in [2.45, 2.75) is 13.0 Å². The zero-order valence-electron chi connectivity index (χ0n) is 7.13. The van der Waals surface area contributed by atoms with E-state index in [2.05, 4.69) is 16.4 Å². The Hall–Kier alpha value is -1.09. The van der Waals surface area contributed by atoms with E-state index in [-0.39, 0.29) is 0 Å². The van der Waals surface area contributed by atoms with Gasteiger partial charge in [-0.25, -0.2) is 4.98 Å². The van der Waals surface area contributed by atoms with Crippen LogP contribution in [0, 0.1) is 0 Å². The summed E-state index contributed by atoms with van der Waals surface area (Å²) in [6.45, 7) is 1.67. The number of hydrogen-bond donors (Lipinski definition) is 1. The van der Waals surface area contributed by atoms with Gasteiger partial charge >= 0.3 is 0 Å². The first-order valence-corrected chi connectivity index (χ1v) is 4.11. The van der Waals surface area contributed by atoms with Crippen molar-refractivity contribution in [2.75, 3.05) is 19.0 Å². The third-order valence-electron chi connectivity index (χ3n) is 2.02. The molecule has 0 saturated carbocycles. The van der Waals surface area contributed by atoms with Gasteiger partial charge in [-0.15, -0.1) is 0 Å². The second-order valence-electron chi connectivity index (χ2n) is 2.96. The number of rotatable bonds is 2. The molecule has 0 amide bonds. The fourth-order valence-electron chi connectivity index (χ4n) is 1.47. The molecule has 3 nitrogen and oxygen atoms in total. The minimum atomic E-state index is 0.653. The highest BCUT2D eigenvalue weighted by Crippen LogP contribution is 2.19. The van der Waals surface area contributed by atoms with Crippen LogP contribution in [-0.2, 0) is 17.8 Å². The van der Waals surface area contributed by atoms with Crippen LogP contribution in [0.15, 0.2) is 12.3 Å². The van der Waals surface area contributed by atoms with Gasteiger partial charge in [-0.1, -0.05) is 0 Å². The maximum atomic E-state index is 5.03. The van der Waals surface area contributed by atoms with Gasteiger partial charge in [-0.05, 0) is 23.6 Å². The zero-order chi connectivity index (χ0) is 8.39. The van der Waals surface area contributed by atoms with Crippen LogP contribution in [0.25, 0.3) is 0 Å². The Morgan fingerprint density at radius 1 is 1.67 bits per heavy atom. The van der Waals surface area contributed by atoms with E-state index in [0.717, 1.165) is 24.3 Å². The molecule has 0 aromatic carbocycles. The van der Waals surface area contributed by atoms with E-state index in [0.29, 0.717) is 6.61 Å². The fourth-order valence-corrected chi connectivity index (χ4v) is 1.47. The molecule has 2 heterocycles. The van der Waals surface area contributed by atoms with Gasteiger partial charge in [0.15, 0.2) is 0 Å². The first-order valence-electron chi connectivity index (χ1n) is 4.11. The predicted molar refractivity (Wildman–Crippen MR) is 47.1 cm³/mol. The summed E-state index contributed by atoms with van der Waals surface area (Å²) < 4.78 is 5.03. The Morgan fingerprint density at radius 2 is 2.58 bits per heavy atom. The zero-order valence-corrected chi connectivity index (χ0v) is 7.13. The molecule has 0 aliphatic carbocycles. The summed E-state index contributed by atoms with van der Waals surface area (Å²) in [6, 6.07) is 2.16. The first-order chi connectivity index (χ1) is 5.90. The SMILES string of the molecule is COCc1cnc2c(c1)CCN2. The average Bonchev–Trinajstić information content (AvgIpc) is 2.51. The van der Waals surface area contributed by atoms with E-state index in [1.54, 1.807) is 7.11 Å². The number of pyridine rings is 1. The van der Waals surface area contributed by atoms with Gasteiger partial charge in [0.05, 0.1) is 6.61 Å². The van der Waals surface area contributed by atoms with Crippen molar-refractivity contribution >= 4 is 5.82 Å². The highest BCUT2D eigenvalue weighted by Gasteiger charge is 2.10. The summed E-state index contributed by atoms with van der Waals surface area (Å²) in [7, 11) is 1.70. The topological polar surface area (TPSA) is 34.1 Å². The third-order valence-corrected chi connectivity index (χ3v) is 2.02. The predicted octanol–water partition coefficient (Wildman–Crippen LogP) is 1.20. The quantitative estimate of drug-likeness (QED) is 0.713. The van der Waals surface area contributed by atoms with Crippen LogP contribution in [-0.4, -0.2) is 18.6 Å². The Labute approximate surface area is 71.8 Å². The van der Waals surface area contributed by atoms with Crippen molar-refractivity contribution in [1.82, 2.24) is 4.98 Å². The molecule has 64 valence electrons. The van der Waals surface area contributed by atoms with Crippen molar-refractivity contribution in [2.24, 2.45) is 0 Å². The molecule has 0 fully saturated rings. The van der Waals surface area contributed by atoms with E-state index >= 15 is 0 Å². The van der Waals surface area contributed by atoms with Crippen molar-refractivity contribution in [3.63, 3.8) is 0 Å². The van der Waals surface area contributed by atoms with E-state index < -0.39 is 0 Å².